The lowest BCUT2D eigenvalue weighted by molar-refractivity contribution is -0.122. The highest BCUT2D eigenvalue weighted by Crippen LogP contribution is 2.36. The van der Waals surface area contributed by atoms with Gasteiger partial charge in [-0.3, -0.25) is 4.79 Å². The summed E-state index contributed by atoms with van der Waals surface area (Å²) >= 11 is 12.1. The summed E-state index contributed by atoms with van der Waals surface area (Å²) in [4.78, 5) is 12.5. The van der Waals surface area contributed by atoms with E-state index in [2.05, 4.69) is 41.7 Å². The third-order valence-electron chi connectivity index (χ3n) is 5.43. The first-order valence-corrected chi connectivity index (χ1v) is 10.3. The van der Waals surface area contributed by atoms with Gasteiger partial charge in [0, 0.05) is 34.3 Å². The number of nitrogens with one attached hydrogen (secondary N) is 1. The highest BCUT2D eigenvalue weighted by molar-refractivity contribution is 6.30. The van der Waals surface area contributed by atoms with Gasteiger partial charge < -0.3 is 5.32 Å². The molecule has 2 aliphatic carbocycles. The molecule has 2 nitrogen and oxygen atoms in total. The van der Waals surface area contributed by atoms with Crippen LogP contribution in [0, 0.1) is 11.8 Å². The maximum Gasteiger partial charge on any atom is 0.220 e. The standard InChI is InChI=1S/C23H23Cl2NO/c24-19-9-3-15(4-10-19)13-21(17-7-11-20(25)12-8-17)23(18-5-6-18)26-22(27)14-16-1-2-16/h3-12,16,18,21,23H,1-2,13-14H2,(H,26,27)/t21-,23-/m1/s1. The maximum absolute atomic E-state index is 12.5. The molecule has 4 rings (SSSR count). The SMILES string of the molecule is O=C(CC1CC1)N[C@H](C1C=C1)[C@H](Cc1ccc(Cl)cc1)c1ccc(Cl)cc1. The van der Waals surface area contributed by atoms with Gasteiger partial charge in [0.2, 0.25) is 5.91 Å². The molecule has 0 aliphatic heterocycles. The summed E-state index contributed by atoms with van der Waals surface area (Å²) in [5.74, 6) is 1.25. The van der Waals surface area contributed by atoms with E-state index in [1.165, 1.54) is 24.0 Å². The molecule has 2 atom stereocenters. The summed E-state index contributed by atoms with van der Waals surface area (Å²) in [6.45, 7) is 0. The van der Waals surface area contributed by atoms with Gasteiger partial charge in [-0.05, 0) is 60.6 Å². The monoisotopic (exact) mass is 399 g/mol. The van der Waals surface area contributed by atoms with E-state index >= 15 is 0 Å². The molecule has 0 saturated heterocycles. The Balaban J connectivity index is 1.58. The van der Waals surface area contributed by atoms with Crippen LogP contribution in [0.3, 0.4) is 0 Å². The summed E-state index contributed by atoms with van der Waals surface area (Å²) in [7, 11) is 0. The van der Waals surface area contributed by atoms with E-state index in [1.807, 2.05) is 24.3 Å². The number of hydrogen-bond acceptors (Lipinski definition) is 1. The van der Waals surface area contributed by atoms with Crippen LogP contribution in [-0.2, 0) is 11.2 Å². The Morgan fingerprint density at radius 3 is 2.11 bits per heavy atom. The highest BCUT2D eigenvalue weighted by atomic mass is 35.5. The third kappa shape index (κ3) is 5.15. The molecule has 0 unspecified atom stereocenters. The second-order valence-electron chi connectivity index (χ2n) is 7.69. The minimum absolute atomic E-state index is 0.0631. The fourth-order valence-corrected chi connectivity index (χ4v) is 3.89. The first-order chi connectivity index (χ1) is 13.1. The molecule has 4 heteroatoms. The lowest BCUT2D eigenvalue weighted by Gasteiger charge is -2.29. The normalized spacial score (nSPS) is 18.1. The van der Waals surface area contributed by atoms with Gasteiger partial charge in [0.25, 0.3) is 0 Å². The van der Waals surface area contributed by atoms with Gasteiger partial charge in [-0.2, -0.15) is 0 Å². The summed E-state index contributed by atoms with van der Waals surface area (Å²) in [5, 5.41) is 4.80. The smallest absolute Gasteiger partial charge is 0.220 e. The first kappa shape index (κ1) is 18.6. The van der Waals surface area contributed by atoms with Crippen LogP contribution in [0.15, 0.2) is 60.7 Å². The summed E-state index contributed by atoms with van der Waals surface area (Å²) in [6, 6.07) is 16.0. The molecule has 140 valence electrons. The average Bonchev–Trinajstić information content (AvgIpc) is 3.55. The van der Waals surface area contributed by atoms with E-state index < -0.39 is 0 Å². The van der Waals surface area contributed by atoms with E-state index in [-0.39, 0.29) is 17.9 Å². The van der Waals surface area contributed by atoms with Gasteiger partial charge in [0.15, 0.2) is 0 Å². The molecule has 0 bridgehead atoms. The molecule has 1 fully saturated rings. The zero-order valence-electron chi connectivity index (χ0n) is 15.1. The Bertz CT molecular complexity index is 818. The fraction of sp³-hybridized carbons (Fsp3) is 0.348. The average molecular weight is 400 g/mol. The summed E-state index contributed by atoms with van der Waals surface area (Å²) < 4.78 is 0. The van der Waals surface area contributed by atoms with Crippen molar-refractivity contribution in [1.82, 2.24) is 5.32 Å². The third-order valence-corrected chi connectivity index (χ3v) is 5.93. The van der Waals surface area contributed by atoms with Crippen LogP contribution in [0.1, 0.15) is 36.3 Å². The molecule has 1 saturated carbocycles. The molecular weight excluding hydrogens is 377 g/mol. The number of rotatable bonds is 8. The highest BCUT2D eigenvalue weighted by Gasteiger charge is 2.35. The number of amides is 1. The Hall–Kier alpha value is -1.77. The van der Waals surface area contributed by atoms with Crippen LogP contribution in [0.4, 0.5) is 0 Å². The van der Waals surface area contributed by atoms with Gasteiger partial charge in [0.05, 0.1) is 0 Å². The molecule has 1 amide bonds. The van der Waals surface area contributed by atoms with Crippen LogP contribution in [0.2, 0.25) is 10.0 Å². The van der Waals surface area contributed by atoms with Crippen molar-refractivity contribution in [1.29, 1.82) is 0 Å². The lowest BCUT2D eigenvalue weighted by atomic mass is 9.83. The van der Waals surface area contributed by atoms with Crippen LogP contribution >= 0.6 is 23.2 Å². The molecular formula is C23H23Cl2NO. The van der Waals surface area contributed by atoms with Gasteiger partial charge in [-0.1, -0.05) is 59.6 Å². The number of carbonyl (C=O) groups excluding carboxylic acids is 1. The Morgan fingerprint density at radius 2 is 1.56 bits per heavy atom. The quantitative estimate of drug-likeness (QED) is 0.559. The number of benzene rings is 2. The summed E-state index contributed by atoms with van der Waals surface area (Å²) in [5.41, 5.74) is 2.40. The van der Waals surface area contributed by atoms with Crippen LogP contribution < -0.4 is 5.32 Å². The van der Waals surface area contributed by atoms with Gasteiger partial charge in [-0.25, -0.2) is 0 Å². The Labute approximate surface area is 170 Å². The van der Waals surface area contributed by atoms with Crippen molar-refractivity contribution < 1.29 is 4.79 Å². The molecule has 0 heterocycles. The van der Waals surface area contributed by atoms with Gasteiger partial charge >= 0.3 is 0 Å². The second kappa shape index (κ2) is 8.08. The number of carbonyl (C=O) groups is 1. The van der Waals surface area contributed by atoms with Crippen LogP contribution in [0.25, 0.3) is 0 Å². The van der Waals surface area contributed by atoms with E-state index in [9.17, 15) is 4.79 Å². The van der Waals surface area contributed by atoms with Crippen molar-refractivity contribution in [3.63, 3.8) is 0 Å². The van der Waals surface area contributed by atoms with E-state index in [0.29, 0.717) is 18.3 Å². The zero-order chi connectivity index (χ0) is 18.8. The molecule has 0 aromatic heterocycles. The van der Waals surface area contributed by atoms with Gasteiger partial charge in [-0.15, -0.1) is 0 Å². The minimum Gasteiger partial charge on any atom is -0.352 e. The maximum atomic E-state index is 12.5. The van der Waals surface area contributed by atoms with E-state index in [0.717, 1.165) is 16.5 Å². The fourth-order valence-electron chi connectivity index (χ4n) is 3.63. The van der Waals surface area contributed by atoms with Crippen LogP contribution in [-0.4, -0.2) is 11.9 Å². The molecule has 2 aliphatic rings. The molecule has 0 spiro atoms. The molecule has 2 aromatic rings. The molecule has 2 aromatic carbocycles. The molecule has 0 radical (unpaired) electrons. The summed E-state index contributed by atoms with van der Waals surface area (Å²) in [6.07, 6.45) is 8.21. The van der Waals surface area contributed by atoms with Crippen molar-refractivity contribution in [2.75, 3.05) is 0 Å². The van der Waals surface area contributed by atoms with Crippen LogP contribution in [0.5, 0.6) is 0 Å². The number of hydrogen-bond donors (Lipinski definition) is 1. The van der Waals surface area contributed by atoms with Crippen molar-refractivity contribution >= 4 is 29.1 Å². The largest absolute Gasteiger partial charge is 0.352 e. The van der Waals surface area contributed by atoms with Crippen molar-refractivity contribution in [2.45, 2.75) is 37.6 Å². The second-order valence-corrected chi connectivity index (χ2v) is 8.56. The van der Waals surface area contributed by atoms with E-state index in [1.54, 1.807) is 0 Å². The predicted molar refractivity (Wildman–Crippen MR) is 111 cm³/mol. The van der Waals surface area contributed by atoms with Crippen molar-refractivity contribution in [3.8, 4) is 0 Å². The van der Waals surface area contributed by atoms with Gasteiger partial charge in [0.1, 0.15) is 0 Å². The lowest BCUT2D eigenvalue weighted by Crippen LogP contribution is -2.42. The van der Waals surface area contributed by atoms with Crippen molar-refractivity contribution in [2.24, 2.45) is 11.8 Å². The van der Waals surface area contributed by atoms with E-state index in [4.69, 9.17) is 23.2 Å². The Kier molecular flexibility index (Phi) is 5.56. The first-order valence-electron chi connectivity index (χ1n) is 9.56. The van der Waals surface area contributed by atoms with Crippen molar-refractivity contribution in [3.05, 3.63) is 81.9 Å². The molecule has 27 heavy (non-hydrogen) atoms. The topological polar surface area (TPSA) is 29.1 Å². The predicted octanol–water partition coefficient (Wildman–Crippen LogP) is 5.79. The zero-order valence-corrected chi connectivity index (χ0v) is 16.6. The number of halogens is 2. The molecule has 1 N–H and O–H groups in total. The Morgan fingerprint density at radius 1 is 0.963 bits per heavy atom. The minimum atomic E-state index is 0.0631.